The average molecular weight is 561 g/mol. The third-order valence-electron chi connectivity index (χ3n) is 5.49. The highest BCUT2D eigenvalue weighted by atomic mass is 16.8. The molecule has 0 fully saturated rings. The summed E-state index contributed by atoms with van der Waals surface area (Å²) in [7, 11) is 0. The number of aromatic nitrogens is 2. The molecule has 0 aromatic carbocycles. The van der Waals surface area contributed by atoms with Gasteiger partial charge in [-0.3, -0.25) is 0 Å². The van der Waals surface area contributed by atoms with E-state index in [2.05, 4.69) is 9.97 Å². The quantitative estimate of drug-likeness (QED) is 0.0879. The average Bonchev–Trinajstić information content (AvgIpc) is 3.64. The Bertz CT molecular complexity index is 1360. The maximum atomic E-state index is 12.5. The Balaban J connectivity index is 1.15. The third-order valence-corrected chi connectivity index (χ3v) is 5.49. The summed E-state index contributed by atoms with van der Waals surface area (Å²) in [5, 5.41) is 0. The van der Waals surface area contributed by atoms with Crippen LogP contribution in [0.15, 0.2) is 39.4 Å². The molecular formula is C27H32N2O11. The fourth-order valence-electron chi connectivity index (χ4n) is 3.65. The van der Waals surface area contributed by atoms with E-state index >= 15 is 0 Å². The number of fused-ring (bicyclic) bond motifs is 2. The van der Waals surface area contributed by atoms with Crippen LogP contribution in [0, 0.1) is 5.92 Å². The monoisotopic (exact) mass is 560 g/mol. The van der Waals surface area contributed by atoms with Gasteiger partial charge in [0, 0.05) is 42.3 Å². The van der Waals surface area contributed by atoms with Gasteiger partial charge in [-0.2, -0.15) is 0 Å². The summed E-state index contributed by atoms with van der Waals surface area (Å²) in [5.74, 6) is -0.276. The van der Waals surface area contributed by atoms with Gasteiger partial charge >= 0.3 is 18.3 Å². The molecule has 216 valence electrons. The van der Waals surface area contributed by atoms with Crippen LogP contribution in [-0.2, 0) is 41.4 Å². The smallest absolute Gasteiger partial charge is 0.463 e. The van der Waals surface area contributed by atoms with E-state index in [1.807, 2.05) is 6.07 Å². The lowest BCUT2D eigenvalue weighted by molar-refractivity contribution is -0.114. The van der Waals surface area contributed by atoms with E-state index in [4.69, 9.17) is 37.3 Å². The minimum Gasteiger partial charge on any atom is -0.463 e. The molecule has 0 spiro atoms. The second kappa shape index (κ2) is 13.1. The van der Waals surface area contributed by atoms with Gasteiger partial charge in [-0.1, -0.05) is 13.8 Å². The number of aryl methyl sites for hydroxylation is 1. The van der Waals surface area contributed by atoms with E-state index in [-0.39, 0.29) is 37.7 Å². The first-order chi connectivity index (χ1) is 19.2. The van der Waals surface area contributed by atoms with E-state index in [0.717, 1.165) is 11.2 Å². The van der Waals surface area contributed by atoms with Crippen LogP contribution in [0.1, 0.15) is 56.1 Å². The Labute approximate surface area is 228 Å². The standard InChI is InChI=1S/C27H32N2O11/c1-15(2)25(39-24(30)21-12-22-19(29-21)7-9-34-22)40-26(31)35-8-5-6-18-11-20-23(38-18)10-17(28-20)13-33-14-36-27(32)37-16(3)4/h7,9-12,15-16,25,28-29H,5-6,8,13-14H2,1-4H3. The molecule has 4 aromatic heterocycles. The summed E-state index contributed by atoms with van der Waals surface area (Å²) in [4.78, 5) is 42.0. The van der Waals surface area contributed by atoms with Crippen LogP contribution in [0.2, 0.25) is 0 Å². The number of hydrogen-bond acceptors (Lipinski definition) is 11. The molecule has 4 heterocycles. The molecule has 0 aliphatic carbocycles. The molecule has 0 aliphatic rings. The van der Waals surface area contributed by atoms with E-state index in [1.54, 1.807) is 39.8 Å². The van der Waals surface area contributed by atoms with Crippen molar-refractivity contribution in [2.45, 2.75) is 59.5 Å². The Morgan fingerprint density at radius 1 is 0.900 bits per heavy atom. The summed E-state index contributed by atoms with van der Waals surface area (Å²) in [6.45, 7) is 6.98. The molecule has 0 saturated heterocycles. The van der Waals surface area contributed by atoms with Crippen LogP contribution >= 0.6 is 0 Å². The van der Waals surface area contributed by atoms with Crippen molar-refractivity contribution in [3.8, 4) is 0 Å². The molecule has 0 saturated carbocycles. The van der Waals surface area contributed by atoms with Gasteiger partial charge in [0.05, 0.1) is 36.6 Å². The van der Waals surface area contributed by atoms with Gasteiger partial charge in [-0.05, 0) is 20.3 Å². The molecule has 13 heteroatoms. The minimum atomic E-state index is -1.13. The highest BCUT2D eigenvalue weighted by Crippen LogP contribution is 2.22. The van der Waals surface area contributed by atoms with Gasteiger partial charge in [0.15, 0.2) is 18.0 Å². The number of carbonyl (C=O) groups is 3. The zero-order valence-electron chi connectivity index (χ0n) is 22.6. The Morgan fingerprint density at radius 2 is 1.70 bits per heavy atom. The zero-order chi connectivity index (χ0) is 28.6. The molecule has 0 bridgehead atoms. The molecule has 1 atom stereocenters. The molecule has 0 amide bonds. The summed E-state index contributed by atoms with van der Waals surface area (Å²) in [5.41, 5.74) is 3.53. The first-order valence-electron chi connectivity index (χ1n) is 12.8. The summed E-state index contributed by atoms with van der Waals surface area (Å²) in [6.07, 6.45) is -0.617. The van der Waals surface area contributed by atoms with Crippen LogP contribution in [-0.4, -0.2) is 54.0 Å². The Kier molecular flexibility index (Phi) is 9.38. The van der Waals surface area contributed by atoms with E-state index in [1.165, 1.54) is 12.3 Å². The highest BCUT2D eigenvalue weighted by molar-refractivity contribution is 5.93. The Morgan fingerprint density at radius 3 is 2.42 bits per heavy atom. The third kappa shape index (κ3) is 7.82. The molecule has 13 nitrogen and oxygen atoms in total. The molecule has 4 rings (SSSR count). The highest BCUT2D eigenvalue weighted by Gasteiger charge is 2.25. The zero-order valence-corrected chi connectivity index (χ0v) is 22.6. The van der Waals surface area contributed by atoms with Crippen molar-refractivity contribution in [1.29, 1.82) is 0 Å². The largest absolute Gasteiger partial charge is 0.511 e. The predicted octanol–water partition coefficient (Wildman–Crippen LogP) is 5.80. The molecular weight excluding hydrogens is 528 g/mol. The normalized spacial score (nSPS) is 12.2. The molecule has 0 radical (unpaired) electrons. The van der Waals surface area contributed by atoms with Crippen LogP contribution in [0.5, 0.6) is 0 Å². The molecule has 40 heavy (non-hydrogen) atoms. The van der Waals surface area contributed by atoms with Gasteiger partial charge in [-0.25, -0.2) is 14.4 Å². The molecule has 0 aliphatic heterocycles. The maximum absolute atomic E-state index is 12.5. The topological polar surface area (TPSA) is 164 Å². The number of hydrogen-bond donors (Lipinski definition) is 2. The summed E-state index contributed by atoms with van der Waals surface area (Å²) in [6, 6.07) is 6.84. The first-order valence-corrected chi connectivity index (χ1v) is 12.8. The van der Waals surface area contributed by atoms with Gasteiger partial charge in [0.2, 0.25) is 0 Å². The Hall–Kier alpha value is -4.39. The van der Waals surface area contributed by atoms with Crippen LogP contribution in [0.25, 0.3) is 22.2 Å². The number of carbonyl (C=O) groups excluding carboxylic acids is 3. The SMILES string of the molecule is CC(C)OC(=O)OCOCc1cc2oc(CCCOC(=O)OC(OC(=O)c3cc4occc4[nH]3)C(C)C)cc2[nH]1. The maximum Gasteiger partial charge on any atom is 0.511 e. The van der Waals surface area contributed by atoms with Crippen molar-refractivity contribution in [2.75, 3.05) is 13.4 Å². The second-order valence-electron chi connectivity index (χ2n) is 9.53. The molecule has 4 aromatic rings. The van der Waals surface area contributed by atoms with Crippen molar-refractivity contribution in [2.24, 2.45) is 5.92 Å². The van der Waals surface area contributed by atoms with Crippen LogP contribution in [0.4, 0.5) is 9.59 Å². The van der Waals surface area contributed by atoms with Gasteiger partial charge in [0.25, 0.3) is 6.29 Å². The second-order valence-corrected chi connectivity index (χ2v) is 9.53. The minimum absolute atomic E-state index is 0.0809. The number of nitrogens with one attached hydrogen (secondary N) is 2. The lowest BCUT2D eigenvalue weighted by Gasteiger charge is -2.20. The molecule has 1 unspecified atom stereocenters. The van der Waals surface area contributed by atoms with Crippen molar-refractivity contribution in [1.82, 2.24) is 9.97 Å². The fourth-order valence-corrected chi connectivity index (χ4v) is 3.65. The first kappa shape index (κ1) is 28.6. The van der Waals surface area contributed by atoms with Crippen molar-refractivity contribution in [3.05, 3.63) is 47.7 Å². The summed E-state index contributed by atoms with van der Waals surface area (Å²) >= 11 is 0. The van der Waals surface area contributed by atoms with Gasteiger partial charge in [-0.15, -0.1) is 0 Å². The van der Waals surface area contributed by atoms with Crippen LogP contribution < -0.4 is 0 Å². The van der Waals surface area contributed by atoms with Crippen molar-refractivity contribution in [3.63, 3.8) is 0 Å². The van der Waals surface area contributed by atoms with Gasteiger partial charge < -0.3 is 47.2 Å². The van der Waals surface area contributed by atoms with E-state index in [9.17, 15) is 14.4 Å². The van der Waals surface area contributed by atoms with Crippen molar-refractivity contribution >= 4 is 40.5 Å². The van der Waals surface area contributed by atoms with Gasteiger partial charge in [0.1, 0.15) is 11.5 Å². The van der Waals surface area contributed by atoms with Crippen molar-refractivity contribution < 1.29 is 51.6 Å². The number of esters is 1. The number of rotatable bonds is 13. The fraction of sp³-hybridized carbons (Fsp3) is 0.444. The summed E-state index contributed by atoms with van der Waals surface area (Å²) < 4.78 is 41.7. The number of furan rings is 2. The number of H-pyrrole nitrogens is 2. The van der Waals surface area contributed by atoms with E-state index in [0.29, 0.717) is 35.3 Å². The van der Waals surface area contributed by atoms with Crippen LogP contribution in [0.3, 0.4) is 0 Å². The lowest BCUT2D eigenvalue weighted by atomic mass is 10.2. The number of aromatic amines is 2. The molecule has 2 N–H and O–H groups in total. The lowest BCUT2D eigenvalue weighted by Crippen LogP contribution is -2.30. The number of ether oxygens (including phenoxy) is 6. The van der Waals surface area contributed by atoms with E-state index < -0.39 is 24.6 Å². The predicted molar refractivity (Wildman–Crippen MR) is 138 cm³/mol.